The van der Waals surface area contributed by atoms with Crippen LogP contribution in [0, 0.1) is 10.8 Å². The van der Waals surface area contributed by atoms with E-state index < -0.39 is 23.5 Å². The number of anilines is 2. The summed E-state index contributed by atoms with van der Waals surface area (Å²) in [5, 5.41) is 18.6. The molecule has 0 radical (unpaired) electrons. The van der Waals surface area contributed by atoms with Crippen molar-refractivity contribution >= 4 is 172 Å². The molecule has 5 amide bonds. The normalized spacial score (nSPS) is 24.1. The highest BCUT2D eigenvalue weighted by Crippen LogP contribution is 2.48. The van der Waals surface area contributed by atoms with Crippen molar-refractivity contribution in [3.05, 3.63) is 59.7 Å². The Labute approximate surface area is 464 Å². The van der Waals surface area contributed by atoms with E-state index in [-0.39, 0.29) is 172 Å². The second kappa shape index (κ2) is 30.9. The van der Waals surface area contributed by atoms with Crippen LogP contribution in [0.15, 0.2) is 48.5 Å². The van der Waals surface area contributed by atoms with Gasteiger partial charge >= 0.3 is 0 Å². The van der Waals surface area contributed by atoms with Gasteiger partial charge in [-0.2, -0.15) is 108 Å². The summed E-state index contributed by atoms with van der Waals surface area (Å²) in [4.78, 5) is 72.4. The van der Waals surface area contributed by atoms with Crippen molar-refractivity contribution in [2.75, 3.05) is 42.8 Å². The number of benzene rings is 2. The van der Waals surface area contributed by atoms with Crippen molar-refractivity contribution in [1.29, 1.82) is 0 Å². The highest BCUT2D eigenvalue weighted by molar-refractivity contribution is 8.00. The number of likely N-dealkylation sites (N-methyl/N-ethyl adjacent to an activating group) is 2. The number of fused-ring (bicyclic) bond motifs is 2. The van der Waals surface area contributed by atoms with Crippen LogP contribution in [0.3, 0.4) is 0 Å². The van der Waals surface area contributed by atoms with Crippen molar-refractivity contribution in [2.24, 2.45) is 10.8 Å². The summed E-state index contributed by atoms with van der Waals surface area (Å²) >= 11 is 3.55. The molecule has 4 aliphatic rings. The fraction of sp³-hybridized carbons (Fsp3) is 0.614. The summed E-state index contributed by atoms with van der Waals surface area (Å²) in [6, 6.07) is 13.1. The molecule has 4 heterocycles. The van der Waals surface area contributed by atoms with Crippen molar-refractivity contribution in [3.8, 4) is 0 Å². The zero-order valence-electron chi connectivity index (χ0n) is 39.9. The third-order valence-corrected chi connectivity index (χ3v) is 15.2. The van der Waals surface area contributed by atoms with Crippen molar-refractivity contribution in [3.63, 3.8) is 0 Å². The summed E-state index contributed by atoms with van der Waals surface area (Å²) in [7, 11) is 3.48. The maximum atomic E-state index is 14.4. The van der Waals surface area contributed by atoms with Crippen molar-refractivity contribution in [1.82, 2.24) is 31.1 Å². The van der Waals surface area contributed by atoms with Gasteiger partial charge in [-0.15, -0.1) is 23.5 Å². The molecule has 67 heavy (non-hydrogen) atoms. The van der Waals surface area contributed by atoms with Crippen LogP contribution in [0.25, 0.3) is 0 Å². The number of aryl methyl sites for hydroxylation is 2. The molecular formula is C44H80N8O5S10. The Bertz CT molecular complexity index is 1910. The Kier molecular flexibility index (Phi) is 32.5. The van der Waals surface area contributed by atoms with E-state index in [0.717, 1.165) is 35.4 Å². The predicted molar refractivity (Wildman–Crippen MR) is 321 cm³/mol. The van der Waals surface area contributed by atoms with Gasteiger partial charge in [-0.3, -0.25) is 28.9 Å². The highest BCUT2D eigenvalue weighted by Gasteiger charge is 2.55. The molecule has 0 aliphatic carbocycles. The summed E-state index contributed by atoms with van der Waals surface area (Å²) in [6.07, 6.45) is 4.12. The number of hydrogen-bond acceptors (Lipinski definition) is 10. The van der Waals surface area contributed by atoms with Crippen LogP contribution in [-0.2, 0) is 36.8 Å². The van der Waals surface area contributed by atoms with Gasteiger partial charge in [-0.1, -0.05) is 64.1 Å². The SMILES string of the molecule is CN[C@@H](C)C(=O)N[C@H]1CCS[C@H]2CC(C)(C)[C@@H](C(=O)Nc3ccccc3CCc3ccccc3NC(=O)[C@H]3N4C(=O)[C@@H](NC(=O)[C@H](C)NC)CCS[C@H]4CC3(C)C)N2C1.S.S.S.S.S.S.S.S. The van der Waals surface area contributed by atoms with Gasteiger partial charge in [-0.25, -0.2) is 0 Å². The molecule has 8 atom stereocenters. The molecule has 2 aromatic rings. The standard InChI is InChI=1S/C44H64N8O5S2.8H2S/c1-26(45-7)38(53)47-30-19-21-58-34-23-43(3,4)36(51(34)25-30)40(55)48-31-15-11-9-13-28(31)17-18-29-14-10-12-16-32(29)49-41(56)37-44(5,6)24-35-52(37)42(57)33(20-22-59-35)50-39(54)27(2)46-8;;;;;;;;/h9-16,26-27,30,33-37,45-46H,17-25H2,1-8H3,(H,47,53)(H,48,55)(H,49,56)(H,50,54);8*1H2/t26-,27-,30-,33-,34-,35-,36+,37+;;;;;;;;/m0......../s1. The van der Waals surface area contributed by atoms with Crippen molar-refractivity contribution < 1.29 is 24.0 Å². The second-order valence-electron chi connectivity index (χ2n) is 17.9. The molecular weight excluding hydrogens is 1040 g/mol. The molecule has 4 saturated heterocycles. The van der Waals surface area contributed by atoms with Crippen LogP contribution < -0.4 is 31.9 Å². The lowest BCUT2D eigenvalue weighted by atomic mass is 9.84. The molecule has 0 bridgehead atoms. The lowest BCUT2D eigenvalue weighted by Gasteiger charge is -2.34. The number of thioether (sulfide) groups is 2. The number of amides is 5. The number of nitrogens with zero attached hydrogens (tertiary/aromatic N) is 2. The quantitative estimate of drug-likeness (QED) is 0.159. The monoisotopic (exact) mass is 1120 g/mol. The third kappa shape index (κ3) is 16.9. The van der Waals surface area contributed by atoms with E-state index >= 15 is 0 Å². The molecule has 6 rings (SSSR count). The third-order valence-electron chi connectivity index (χ3n) is 12.7. The van der Waals surface area contributed by atoms with Crippen LogP contribution >= 0.6 is 131 Å². The number of carbonyl (C=O) groups is 5. The van der Waals surface area contributed by atoms with E-state index in [2.05, 4.69) is 50.6 Å². The minimum absolute atomic E-state index is 0. The number of para-hydroxylation sites is 2. The van der Waals surface area contributed by atoms with Gasteiger partial charge in [0.1, 0.15) is 12.1 Å². The number of hydrogen-bond donors (Lipinski definition) is 6. The molecule has 386 valence electrons. The smallest absolute Gasteiger partial charge is 0.247 e. The van der Waals surface area contributed by atoms with Crippen LogP contribution in [-0.4, -0.2) is 118 Å². The fourth-order valence-corrected chi connectivity index (χ4v) is 12.3. The zero-order valence-corrected chi connectivity index (χ0v) is 49.5. The van der Waals surface area contributed by atoms with E-state index in [4.69, 9.17) is 0 Å². The molecule has 0 unspecified atom stereocenters. The first kappa shape index (κ1) is 70.4. The number of nitrogens with one attached hydrogen (secondary N) is 6. The Hall–Kier alpha value is -0.830. The first-order valence-corrected chi connectivity index (χ1v) is 23.2. The van der Waals surface area contributed by atoms with E-state index in [1.165, 1.54) is 0 Å². The van der Waals surface area contributed by atoms with Gasteiger partial charge in [0, 0.05) is 24.0 Å². The largest absolute Gasteiger partial charge is 0.351 e. The van der Waals surface area contributed by atoms with E-state index in [1.54, 1.807) is 37.7 Å². The first-order chi connectivity index (χ1) is 28.0. The van der Waals surface area contributed by atoms with Gasteiger partial charge in [0.05, 0.1) is 28.9 Å². The molecule has 13 nitrogen and oxygen atoms in total. The maximum absolute atomic E-state index is 14.4. The summed E-state index contributed by atoms with van der Waals surface area (Å²) in [5.74, 6) is 0.829. The molecule has 2 aromatic carbocycles. The molecule has 6 N–H and O–H groups in total. The molecule has 23 heteroatoms. The summed E-state index contributed by atoms with van der Waals surface area (Å²) in [5.41, 5.74) is 2.60. The number of carbonyl (C=O) groups excluding carboxylic acids is 5. The molecule has 4 fully saturated rings. The van der Waals surface area contributed by atoms with Crippen LogP contribution in [0.2, 0.25) is 0 Å². The van der Waals surface area contributed by atoms with Crippen LogP contribution in [0.4, 0.5) is 11.4 Å². The minimum atomic E-state index is -0.721. The predicted octanol–water partition coefficient (Wildman–Crippen LogP) is 5.09. The second-order valence-corrected chi connectivity index (χ2v) is 20.5. The summed E-state index contributed by atoms with van der Waals surface area (Å²) < 4.78 is 0. The molecule has 4 aliphatic heterocycles. The van der Waals surface area contributed by atoms with Gasteiger partial charge in [0.25, 0.3) is 0 Å². The topological polar surface area (TPSA) is 164 Å². The van der Waals surface area contributed by atoms with Gasteiger partial charge in [-0.05, 0) is 112 Å². The van der Waals surface area contributed by atoms with Gasteiger partial charge in [0.15, 0.2) is 0 Å². The maximum Gasteiger partial charge on any atom is 0.247 e. The van der Waals surface area contributed by atoms with Crippen LogP contribution in [0.5, 0.6) is 0 Å². The van der Waals surface area contributed by atoms with Gasteiger partial charge < -0.3 is 36.8 Å². The lowest BCUT2D eigenvalue weighted by Crippen LogP contribution is -2.57. The van der Waals surface area contributed by atoms with Crippen LogP contribution in [0.1, 0.15) is 78.4 Å². The molecule has 0 saturated carbocycles. The zero-order chi connectivity index (χ0) is 42.6. The van der Waals surface area contributed by atoms with E-state index in [1.807, 2.05) is 81.1 Å². The average Bonchev–Trinajstić information content (AvgIpc) is 3.46. The fourth-order valence-electron chi connectivity index (χ4n) is 9.12. The molecule has 0 aromatic heterocycles. The number of rotatable bonds is 13. The first-order valence-electron chi connectivity index (χ1n) is 21.1. The lowest BCUT2D eigenvalue weighted by molar-refractivity contribution is -0.142. The summed E-state index contributed by atoms with van der Waals surface area (Å²) in [6.45, 7) is 12.6. The Morgan fingerprint density at radius 3 is 1.60 bits per heavy atom. The Morgan fingerprint density at radius 2 is 1.07 bits per heavy atom. The average molecular weight is 1120 g/mol. The van der Waals surface area contributed by atoms with Crippen molar-refractivity contribution in [2.45, 2.75) is 127 Å². The molecule has 0 spiro atoms. The van der Waals surface area contributed by atoms with E-state index in [9.17, 15) is 24.0 Å². The van der Waals surface area contributed by atoms with E-state index in [0.29, 0.717) is 43.7 Å². The Morgan fingerprint density at radius 1 is 0.642 bits per heavy atom. The minimum Gasteiger partial charge on any atom is -0.351 e. The Balaban J connectivity index is -0.00000512. The highest BCUT2D eigenvalue weighted by atomic mass is 32.2. The van der Waals surface area contributed by atoms with Gasteiger partial charge in [0.2, 0.25) is 29.5 Å².